The molecule has 0 saturated carbocycles. The number of amides is 1. The number of rotatable bonds is 2. The standard InChI is InChI=1S/C18H15ClF3NO/c19-12-8-9-14(15(10-12)18(20,21)22)17(24)23-16-7-3-5-11-4-1-2-6-13(11)16/h3,5,7-10H,1-2,4,6H2,(H,23,24). The van der Waals surface area contributed by atoms with E-state index in [4.69, 9.17) is 11.6 Å². The van der Waals surface area contributed by atoms with E-state index < -0.39 is 23.2 Å². The van der Waals surface area contributed by atoms with Gasteiger partial charge in [0.05, 0.1) is 11.1 Å². The molecule has 0 atom stereocenters. The van der Waals surface area contributed by atoms with E-state index in [1.54, 1.807) is 6.07 Å². The molecule has 6 heteroatoms. The lowest BCUT2D eigenvalue weighted by Crippen LogP contribution is -2.20. The van der Waals surface area contributed by atoms with Crippen LogP contribution in [-0.2, 0) is 19.0 Å². The number of nitrogens with one attached hydrogen (secondary N) is 1. The second-order valence-corrected chi connectivity index (χ2v) is 6.23. The summed E-state index contributed by atoms with van der Waals surface area (Å²) in [7, 11) is 0. The summed E-state index contributed by atoms with van der Waals surface area (Å²) in [6.07, 6.45) is -0.811. The molecule has 1 aliphatic rings. The Labute approximate surface area is 142 Å². The number of hydrogen-bond donors (Lipinski definition) is 1. The van der Waals surface area contributed by atoms with Gasteiger partial charge in [0.1, 0.15) is 0 Å². The van der Waals surface area contributed by atoms with E-state index in [1.807, 2.05) is 12.1 Å². The molecule has 0 radical (unpaired) electrons. The van der Waals surface area contributed by atoms with E-state index in [2.05, 4.69) is 5.32 Å². The maximum atomic E-state index is 13.2. The molecule has 126 valence electrons. The first-order chi connectivity index (χ1) is 11.4. The number of carbonyl (C=O) groups is 1. The molecule has 0 aromatic heterocycles. The second kappa shape index (κ2) is 6.48. The van der Waals surface area contributed by atoms with Gasteiger partial charge in [0.25, 0.3) is 5.91 Å². The molecule has 2 aromatic carbocycles. The lowest BCUT2D eigenvalue weighted by molar-refractivity contribution is -0.137. The van der Waals surface area contributed by atoms with Gasteiger partial charge in [0.2, 0.25) is 0 Å². The van der Waals surface area contributed by atoms with Crippen molar-refractivity contribution in [1.82, 2.24) is 0 Å². The van der Waals surface area contributed by atoms with E-state index in [-0.39, 0.29) is 5.02 Å². The van der Waals surface area contributed by atoms with Crippen molar-refractivity contribution in [2.24, 2.45) is 0 Å². The Bertz CT molecular complexity index is 786. The normalized spacial score (nSPS) is 14.2. The van der Waals surface area contributed by atoms with Crippen LogP contribution >= 0.6 is 11.6 Å². The van der Waals surface area contributed by atoms with Gasteiger partial charge in [-0.3, -0.25) is 4.79 Å². The molecule has 24 heavy (non-hydrogen) atoms. The van der Waals surface area contributed by atoms with Crippen LogP contribution in [0.4, 0.5) is 18.9 Å². The molecule has 0 saturated heterocycles. The van der Waals surface area contributed by atoms with Crippen LogP contribution in [0.3, 0.4) is 0 Å². The van der Waals surface area contributed by atoms with Crippen LogP contribution in [0.1, 0.15) is 39.9 Å². The van der Waals surface area contributed by atoms with Crippen molar-refractivity contribution in [3.05, 3.63) is 63.7 Å². The lowest BCUT2D eigenvalue weighted by atomic mass is 9.90. The van der Waals surface area contributed by atoms with Crippen LogP contribution in [0.25, 0.3) is 0 Å². The number of anilines is 1. The van der Waals surface area contributed by atoms with Crippen molar-refractivity contribution in [1.29, 1.82) is 0 Å². The minimum atomic E-state index is -4.65. The van der Waals surface area contributed by atoms with Gasteiger partial charge in [0.15, 0.2) is 0 Å². The monoisotopic (exact) mass is 353 g/mol. The van der Waals surface area contributed by atoms with E-state index in [0.717, 1.165) is 48.9 Å². The van der Waals surface area contributed by atoms with Gasteiger partial charge in [-0.15, -0.1) is 0 Å². The number of benzene rings is 2. The van der Waals surface area contributed by atoms with Gasteiger partial charge in [0, 0.05) is 10.7 Å². The number of carbonyl (C=O) groups excluding carboxylic acids is 1. The summed E-state index contributed by atoms with van der Waals surface area (Å²) in [6.45, 7) is 0. The minimum Gasteiger partial charge on any atom is -0.322 e. The van der Waals surface area contributed by atoms with E-state index >= 15 is 0 Å². The molecule has 0 aliphatic heterocycles. The summed E-state index contributed by atoms with van der Waals surface area (Å²) in [6, 6.07) is 8.70. The van der Waals surface area contributed by atoms with Gasteiger partial charge in [-0.25, -0.2) is 0 Å². The van der Waals surface area contributed by atoms with E-state index in [1.165, 1.54) is 6.07 Å². The summed E-state index contributed by atoms with van der Waals surface area (Å²) < 4.78 is 39.5. The smallest absolute Gasteiger partial charge is 0.322 e. The summed E-state index contributed by atoms with van der Waals surface area (Å²) >= 11 is 5.65. The maximum absolute atomic E-state index is 13.2. The number of hydrogen-bond acceptors (Lipinski definition) is 1. The third-order valence-electron chi connectivity index (χ3n) is 4.18. The summed E-state index contributed by atoms with van der Waals surface area (Å²) in [5, 5.41) is 2.58. The molecule has 0 spiro atoms. The molecular formula is C18H15ClF3NO. The molecule has 2 nitrogen and oxygen atoms in total. The summed E-state index contributed by atoms with van der Waals surface area (Å²) in [5.74, 6) is -0.780. The number of fused-ring (bicyclic) bond motifs is 1. The first-order valence-corrected chi connectivity index (χ1v) is 8.03. The fraction of sp³-hybridized carbons (Fsp3) is 0.278. The molecule has 0 unspecified atom stereocenters. The Hall–Kier alpha value is -2.01. The fourth-order valence-corrected chi connectivity index (χ4v) is 3.21. The average Bonchev–Trinajstić information content (AvgIpc) is 2.54. The summed E-state index contributed by atoms with van der Waals surface area (Å²) in [4.78, 5) is 12.4. The predicted octanol–water partition coefficient (Wildman–Crippen LogP) is 5.49. The Morgan fingerprint density at radius 3 is 2.58 bits per heavy atom. The van der Waals surface area contributed by atoms with Gasteiger partial charge < -0.3 is 5.32 Å². The zero-order chi connectivity index (χ0) is 17.3. The third kappa shape index (κ3) is 3.41. The first kappa shape index (κ1) is 16.8. The molecule has 2 aromatic rings. The van der Waals surface area contributed by atoms with Gasteiger partial charge >= 0.3 is 6.18 Å². The number of alkyl halides is 3. The van der Waals surface area contributed by atoms with E-state index in [9.17, 15) is 18.0 Å². The van der Waals surface area contributed by atoms with Gasteiger partial charge in [-0.1, -0.05) is 23.7 Å². The zero-order valence-corrected chi connectivity index (χ0v) is 13.5. The van der Waals surface area contributed by atoms with E-state index in [0.29, 0.717) is 5.69 Å². The van der Waals surface area contributed by atoms with Crippen molar-refractivity contribution >= 4 is 23.2 Å². The molecule has 1 N–H and O–H groups in total. The van der Waals surface area contributed by atoms with Crippen molar-refractivity contribution in [2.75, 3.05) is 5.32 Å². The molecular weight excluding hydrogens is 339 g/mol. The van der Waals surface area contributed by atoms with Crippen molar-refractivity contribution in [3.8, 4) is 0 Å². The van der Waals surface area contributed by atoms with Crippen LogP contribution in [0, 0.1) is 0 Å². The maximum Gasteiger partial charge on any atom is 0.417 e. The highest BCUT2D eigenvalue weighted by molar-refractivity contribution is 6.30. The lowest BCUT2D eigenvalue weighted by Gasteiger charge is -2.20. The topological polar surface area (TPSA) is 29.1 Å². The Balaban J connectivity index is 1.95. The minimum absolute atomic E-state index is 0.0593. The van der Waals surface area contributed by atoms with Crippen molar-refractivity contribution in [2.45, 2.75) is 31.9 Å². The number of halogens is 4. The third-order valence-corrected chi connectivity index (χ3v) is 4.41. The van der Waals surface area contributed by atoms with Crippen LogP contribution in [0.5, 0.6) is 0 Å². The Kier molecular flexibility index (Phi) is 4.54. The quantitative estimate of drug-likeness (QED) is 0.760. The SMILES string of the molecule is O=C(Nc1cccc2c1CCCC2)c1ccc(Cl)cc1C(F)(F)F. The predicted molar refractivity (Wildman–Crippen MR) is 87.5 cm³/mol. The van der Waals surface area contributed by atoms with Crippen LogP contribution in [0.2, 0.25) is 5.02 Å². The number of aryl methyl sites for hydroxylation is 1. The largest absolute Gasteiger partial charge is 0.417 e. The molecule has 0 heterocycles. The zero-order valence-electron chi connectivity index (χ0n) is 12.7. The van der Waals surface area contributed by atoms with Crippen LogP contribution in [-0.4, -0.2) is 5.91 Å². The molecule has 1 amide bonds. The Morgan fingerprint density at radius 2 is 1.83 bits per heavy atom. The van der Waals surface area contributed by atoms with Gasteiger partial charge in [-0.05, 0) is 61.1 Å². The highest BCUT2D eigenvalue weighted by Crippen LogP contribution is 2.35. The molecule has 3 rings (SSSR count). The van der Waals surface area contributed by atoms with Gasteiger partial charge in [-0.2, -0.15) is 13.2 Å². The molecule has 1 aliphatic carbocycles. The second-order valence-electron chi connectivity index (χ2n) is 5.79. The fourth-order valence-electron chi connectivity index (χ4n) is 3.04. The molecule has 0 bridgehead atoms. The van der Waals surface area contributed by atoms with Crippen molar-refractivity contribution in [3.63, 3.8) is 0 Å². The highest BCUT2D eigenvalue weighted by Gasteiger charge is 2.35. The first-order valence-electron chi connectivity index (χ1n) is 7.65. The molecule has 0 fully saturated rings. The van der Waals surface area contributed by atoms with Crippen LogP contribution in [0.15, 0.2) is 36.4 Å². The Morgan fingerprint density at radius 1 is 1.08 bits per heavy atom. The van der Waals surface area contributed by atoms with Crippen LogP contribution < -0.4 is 5.32 Å². The average molecular weight is 354 g/mol. The highest BCUT2D eigenvalue weighted by atomic mass is 35.5. The van der Waals surface area contributed by atoms with Crippen molar-refractivity contribution < 1.29 is 18.0 Å². The summed E-state index contributed by atoms with van der Waals surface area (Å²) in [5.41, 5.74) is 1.28.